The van der Waals surface area contributed by atoms with Crippen LogP contribution in [0.1, 0.15) is 38.2 Å². The van der Waals surface area contributed by atoms with Gasteiger partial charge in [0.25, 0.3) is 0 Å². The van der Waals surface area contributed by atoms with Crippen molar-refractivity contribution in [3.63, 3.8) is 0 Å². The van der Waals surface area contributed by atoms with Gasteiger partial charge in [-0.15, -0.1) is 0 Å². The molecule has 1 N–H and O–H groups in total. The van der Waals surface area contributed by atoms with E-state index in [1.54, 1.807) is 12.1 Å². The first-order valence-electron chi connectivity index (χ1n) is 12.1. The molecule has 34 heavy (non-hydrogen) atoms. The fourth-order valence-corrected chi connectivity index (χ4v) is 4.76. The van der Waals surface area contributed by atoms with Crippen molar-refractivity contribution < 1.29 is 13.9 Å². The van der Waals surface area contributed by atoms with Gasteiger partial charge in [0.2, 0.25) is 5.91 Å². The number of anilines is 1. The SMILES string of the molecule is CC(=O)NCCc1ccc(OC2CCC(N(C)c3ccccc3)CC2)cc1-c1cccc(F)c1. The summed E-state index contributed by atoms with van der Waals surface area (Å²) in [6.45, 7) is 2.05. The van der Waals surface area contributed by atoms with E-state index in [4.69, 9.17) is 4.74 Å². The van der Waals surface area contributed by atoms with Crippen LogP contribution in [0.15, 0.2) is 72.8 Å². The summed E-state index contributed by atoms with van der Waals surface area (Å²) in [6, 6.07) is 23.7. The number of carbonyl (C=O) groups is 1. The van der Waals surface area contributed by atoms with Crippen molar-refractivity contribution in [2.45, 2.75) is 51.2 Å². The zero-order chi connectivity index (χ0) is 23.9. The predicted octanol–water partition coefficient (Wildman–Crippen LogP) is 6.00. The van der Waals surface area contributed by atoms with Crippen LogP contribution in [-0.2, 0) is 11.2 Å². The third-order valence-corrected chi connectivity index (χ3v) is 6.64. The molecule has 0 radical (unpaired) electrons. The molecule has 0 unspecified atom stereocenters. The molecule has 0 aliphatic heterocycles. The lowest BCUT2D eigenvalue weighted by molar-refractivity contribution is -0.118. The molecule has 5 heteroatoms. The Labute approximate surface area is 201 Å². The van der Waals surface area contributed by atoms with E-state index in [1.165, 1.54) is 18.7 Å². The topological polar surface area (TPSA) is 41.6 Å². The molecular weight excluding hydrogens is 427 g/mol. The lowest BCUT2D eigenvalue weighted by atomic mass is 9.91. The van der Waals surface area contributed by atoms with Gasteiger partial charge in [-0.3, -0.25) is 4.79 Å². The van der Waals surface area contributed by atoms with Gasteiger partial charge in [-0.1, -0.05) is 36.4 Å². The second kappa shape index (κ2) is 11.2. The zero-order valence-electron chi connectivity index (χ0n) is 20.0. The van der Waals surface area contributed by atoms with Crippen molar-refractivity contribution in [1.29, 1.82) is 0 Å². The van der Waals surface area contributed by atoms with E-state index >= 15 is 0 Å². The van der Waals surface area contributed by atoms with Crippen LogP contribution in [0, 0.1) is 5.82 Å². The fraction of sp³-hybridized carbons (Fsp3) is 0.345. The van der Waals surface area contributed by atoms with E-state index in [1.807, 2.05) is 30.3 Å². The average Bonchev–Trinajstić information content (AvgIpc) is 2.85. The van der Waals surface area contributed by atoms with E-state index in [2.05, 4.69) is 41.5 Å². The predicted molar refractivity (Wildman–Crippen MR) is 136 cm³/mol. The normalized spacial score (nSPS) is 17.7. The van der Waals surface area contributed by atoms with Crippen LogP contribution in [0.3, 0.4) is 0 Å². The number of carbonyl (C=O) groups excluding carboxylic acids is 1. The fourth-order valence-electron chi connectivity index (χ4n) is 4.76. The Morgan fingerprint density at radius 1 is 1.00 bits per heavy atom. The van der Waals surface area contributed by atoms with E-state index in [0.717, 1.165) is 48.1 Å². The van der Waals surface area contributed by atoms with E-state index in [9.17, 15) is 9.18 Å². The molecule has 3 aromatic rings. The van der Waals surface area contributed by atoms with Crippen LogP contribution in [0.2, 0.25) is 0 Å². The first kappa shape index (κ1) is 23.8. The molecule has 4 rings (SSSR count). The molecule has 1 aliphatic rings. The van der Waals surface area contributed by atoms with Crippen molar-refractivity contribution in [1.82, 2.24) is 5.32 Å². The molecule has 1 fully saturated rings. The molecule has 0 aromatic heterocycles. The van der Waals surface area contributed by atoms with Crippen molar-refractivity contribution in [3.8, 4) is 16.9 Å². The van der Waals surface area contributed by atoms with Crippen LogP contribution in [-0.4, -0.2) is 31.6 Å². The summed E-state index contributed by atoms with van der Waals surface area (Å²) in [6.07, 6.45) is 5.01. The second-order valence-corrected chi connectivity index (χ2v) is 9.06. The third kappa shape index (κ3) is 6.16. The van der Waals surface area contributed by atoms with Crippen molar-refractivity contribution in [3.05, 3.63) is 84.2 Å². The van der Waals surface area contributed by atoms with E-state index in [0.29, 0.717) is 19.0 Å². The van der Waals surface area contributed by atoms with E-state index in [-0.39, 0.29) is 17.8 Å². The maximum atomic E-state index is 13.9. The molecule has 1 amide bonds. The zero-order valence-corrected chi connectivity index (χ0v) is 20.0. The van der Waals surface area contributed by atoms with Gasteiger partial charge in [0.05, 0.1) is 6.10 Å². The van der Waals surface area contributed by atoms with Crippen LogP contribution >= 0.6 is 0 Å². The van der Waals surface area contributed by atoms with Gasteiger partial charge in [-0.2, -0.15) is 0 Å². The summed E-state index contributed by atoms with van der Waals surface area (Å²) in [4.78, 5) is 13.6. The van der Waals surface area contributed by atoms with Crippen molar-refractivity contribution >= 4 is 11.6 Å². The summed E-state index contributed by atoms with van der Waals surface area (Å²) >= 11 is 0. The number of hydrogen-bond acceptors (Lipinski definition) is 3. The quantitative estimate of drug-likeness (QED) is 0.448. The van der Waals surface area contributed by atoms with Gasteiger partial charge in [-0.05, 0) is 85.2 Å². The maximum absolute atomic E-state index is 13.9. The Kier molecular flexibility index (Phi) is 7.84. The summed E-state index contributed by atoms with van der Waals surface area (Å²) < 4.78 is 20.3. The smallest absolute Gasteiger partial charge is 0.216 e. The lowest BCUT2D eigenvalue weighted by Crippen LogP contribution is -2.37. The maximum Gasteiger partial charge on any atom is 0.216 e. The number of halogens is 1. The summed E-state index contributed by atoms with van der Waals surface area (Å²) in [5, 5.41) is 2.84. The Morgan fingerprint density at radius 3 is 2.47 bits per heavy atom. The van der Waals surface area contributed by atoms with Crippen molar-refractivity contribution in [2.75, 3.05) is 18.5 Å². The molecule has 0 spiro atoms. The summed E-state index contributed by atoms with van der Waals surface area (Å²) in [5.74, 6) is 0.487. The number of benzene rings is 3. The van der Waals surface area contributed by atoms with Crippen LogP contribution < -0.4 is 15.0 Å². The Bertz CT molecular complexity index is 1090. The molecule has 1 saturated carbocycles. The minimum absolute atomic E-state index is 0.0548. The van der Waals surface area contributed by atoms with Crippen LogP contribution in [0.25, 0.3) is 11.1 Å². The summed E-state index contributed by atoms with van der Waals surface area (Å²) in [7, 11) is 2.17. The molecule has 0 heterocycles. The lowest BCUT2D eigenvalue weighted by Gasteiger charge is -2.36. The average molecular weight is 461 g/mol. The van der Waals surface area contributed by atoms with Crippen LogP contribution in [0.5, 0.6) is 5.75 Å². The molecular formula is C29H33FN2O2. The highest BCUT2D eigenvalue weighted by Gasteiger charge is 2.25. The first-order chi connectivity index (χ1) is 16.5. The third-order valence-electron chi connectivity index (χ3n) is 6.64. The Hall–Kier alpha value is -3.34. The molecule has 4 nitrogen and oxygen atoms in total. The molecule has 0 atom stereocenters. The highest BCUT2D eigenvalue weighted by atomic mass is 19.1. The number of para-hydroxylation sites is 1. The Balaban J connectivity index is 1.44. The minimum atomic E-state index is -0.266. The highest BCUT2D eigenvalue weighted by Crippen LogP contribution is 2.32. The number of rotatable bonds is 8. The Morgan fingerprint density at radius 2 is 1.76 bits per heavy atom. The number of nitrogens with one attached hydrogen (secondary N) is 1. The van der Waals surface area contributed by atoms with Gasteiger partial charge in [0, 0.05) is 32.2 Å². The van der Waals surface area contributed by atoms with Gasteiger partial charge in [0.15, 0.2) is 0 Å². The van der Waals surface area contributed by atoms with Gasteiger partial charge < -0.3 is 15.0 Å². The largest absolute Gasteiger partial charge is 0.490 e. The number of ether oxygens (including phenoxy) is 1. The van der Waals surface area contributed by atoms with Gasteiger partial charge in [0.1, 0.15) is 11.6 Å². The number of hydrogen-bond donors (Lipinski definition) is 1. The standard InChI is InChI=1S/C29H33FN2O2/c1-21(33)31-18-17-22-11-14-28(20-29(22)23-7-6-8-24(30)19-23)34-27-15-12-26(13-16-27)32(2)25-9-4-3-5-10-25/h3-11,14,19-20,26-27H,12-13,15-18H2,1-2H3,(H,31,33). The minimum Gasteiger partial charge on any atom is -0.490 e. The molecule has 3 aromatic carbocycles. The van der Waals surface area contributed by atoms with Gasteiger partial charge in [-0.25, -0.2) is 4.39 Å². The highest BCUT2D eigenvalue weighted by molar-refractivity contribution is 5.73. The molecule has 178 valence electrons. The number of nitrogens with zero attached hydrogens (tertiary/aromatic N) is 1. The monoisotopic (exact) mass is 460 g/mol. The van der Waals surface area contributed by atoms with Crippen molar-refractivity contribution in [2.24, 2.45) is 0 Å². The molecule has 0 saturated heterocycles. The van der Waals surface area contributed by atoms with Crippen LogP contribution in [0.4, 0.5) is 10.1 Å². The summed E-state index contributed by atoms with van der Waals surface area (Å²) in [5.41, 5.74) is 4.07. The second-order valence-electron chi connectivity index (χ2n) is 9.06. The van der Waals surface area contributed by atoms with E-state index < -0.39 is 0 Å². The van der Waals surface area contributed by atoms with Gasteiger partial charge >= 0.3 is 0 Å². The first-order valence-corrected chi connectivity index (χ1v) is 12.1. The molecule has 0 bridgehead atoms. The number of amides is 1. The molecule has 1 aliphatic carbocycles.